The van der Waals surface area contributed by atoms with Gasteiger partial charge < -0.3 is 9.47 Å². The van der Waals surface area contributed by atoms with Gasteiger partial charge in [-0.1, -0.05) is 48.5 Å². The molecule has 1 aliphatic rings. The van der Waals surface area contributed by atoms with Gasteiger partial charge in [-0.05, 0) is 17.7 Å². The van der Waals surface area contributed by atoms with E-state index in [2.05, 4.69) is 0 Å². The molecule has 4 heteroatoms. The summed E-state index contributed by atoms with van der Waals surface area (Å²) in [4.78, 5) is 23.4. The highest BCUT2D eigenvalue weighted by atomic mass is 16.7. The molecule has 1 atom stereocenters. The fourth-order valence-corrected chi connectivity index (χ4v) is 2.07. The summed E-state index contributed by atoms with van der Waals surface area (Å²) >= 11 is 0. The molecule has 4 nitrogen and oxygen atoms in total. The van der Waals surface area contributed by atoms with Crippen LogP contribution < -0.4 is 0 Å². The fourth-order valence-electron chi connectivity index (χ4n) is 2.07. The maximum atomic E-state index is 11.8. The third-order valence-corrected chi connectivity index (χ3v) is 3.08. The van der Waals surface area contributed by atoms with Gasteiger partial charge in [-0.2, -0.15) is 0 Å². The molecule has 0 spiro atoms. The van der Waals surface area contributed by atoms with E-state index in [0.29, 0.717) is 11.1 Å². The van der Waals surface area contributed by atoms with Crippen molar-refractivity contribution in [1.82, 2.24) is 0 Å². The zero-order chi connectivity index (χ0) is 14.7. The molecule has 0 aliphatic carbocycles. The Labute approximate surface area is 121 Å². The number of carbonyl (C=O) groups excluding carboxylic acids is 2. The van der Waals surface area contributed by atoms with Crippen LogP contribution in [0.25, 0.3) is 6.08 Å². The van der Waals surface area contributed by atoms with Crippen molar-refractivity contribution in [2.24, 2.45) is 0 Å². The van der Waals surface area contributed by atoms with Crippen LogP contribution >= 0.6 is 0 Å². The molecule has 2 aromatic rings. The molecule has 0 N–H and O–H groups in total. The van der Waals surface area contributed by atoms with E-state index in [9.17, 15) is 9.59 Å². The van der Waals surface area contributed by atoms with Crippen LogP contribution in [0.5, 0.6) is 0 Å². The molecule has 0 bridgehead atoms. The Morgan fingerprint density at radius 2 is 1.76 bits per heavy atom. The first kappa shape index (κ1) is 13.1. The minimum absolute atomic E-state index is 0.433. The topological polar surface area (TPSA) is 52.6 Å². The van der Waals surface area contributed by atoms with Gasteiger partial charge in [0.15, 0.2) is 0 Å². The Kier molecular flexibility index (Phi) is 3.51. The van der Waals surface area contributed by atoms with Crippen molar-refractivity contribution in [1.29, 1.82) is 0 Å². The average Bonchev–Trinajstić information content (AvgIpc) is 2.83. The maximum Gasteiger partial charge on any atom is 0.342 e. The standard InChI is InChI=1S/C17H12O4/c18-15(11-10-12-6-2-1-3-7-12)20-17-14-9-5-4-8-13(14)16(19)21-17/h1-11,17H/b11-10+/t17-/m1/s1. The van der Waals surface area contributed by atoms with Gasteiger partial charge in [0.1, 0.15) is 0 Å². The van der Waals surface area contributed by atoms with E-state index in [1.807, 2.05) is 30.3 Å². The van der Waals surface area contributed by atoms with Crippen molar-refractivity contribution >= 4 is 18.0 Å². The number of carbonyl (C=O) groups is 2. The molecule has 0 aromatic heterocycles. The van der Waals surface area contributed by atoms with Crippen molar-refractivity contribution in [3.63, 3.8) is 0 Å². The van der Waals surface area contributed by atoms with Crippen molar-refractivity contribution in [2.45, 2.75) is 6.29 Å². The molecule has 0 unspecified atom stereocenters. The van der Waals surface area contributed by atoms with Gasteiger partial charge in [0.2, 0.25) is 0 Å². The monoisotopic (exact) mass is 280 g/mol. The number of hydrogen-bond donors (Lipinski definition) is 0. The van der Waals surface area contributed by atoms with Crippen LogP contribution in [-0.4, -0.2) is 11.9 Å². The van der Waals surface area contributed by atoms with Gasteiger partial charge in [0.25, 0.3) is 6.29 Å². The van der Waals surface area contributed by atoms with Crippen molar-refractivity contribution in [3.05, 3.63) is 77.4 Å². The predicted molar refractivity (Wildman–Crippen MR) is 76.2 cm³/mol. The Hall–Kier alpha value is -2.88. The van der Waals surface area contributed by atoms with Crippen molar-refractivity contribution in [3.8, 4) is 0 Å². The quantitative estimate of drug-likeness (QED) is 0.640. The molecule has 0 amide bonds. The van der Waals surface area contributed by atoms with Crippen LogP contribution in [0, 0.1) is 0 Å². The molecule has 1 aliphatic heterocycles. The van der Waals surface area contributed by atoms with Crippen LogP contribution in [0.15, 0.2) is 60.7 Å². The van der Waals surface area contributed by atoms with Crippen LogP contribution in [0.4, 0.5) is 0 Å². The van der Waals surface area contributed by atoms with Crippen LogP contribution in [-0.2, 0) is 14.3 Å². The molecular formula is C17H12O4. The molecule has 3 rings (SSSR count). The van der Waals surface area contributed by atoms with Crippen LogP contribution in [0.3, 0.4) is 0 Å². The highest BCUT2D eigenvalue weighted by Crippen LogP contribution is 2.31. The number of benzene rings is 2. The lowest BCUT2D eigenvalue weighted by molar-refractivity contribution is -0.161. The smallest absolute Gasteiger partial charge is 0.342 e. The zero-order valence-corrected chi connectivity index (χ0v) is 11.1. The highest BCUT2D eigenvalue weighted by molar-refractivity contribution is 5.94. The molecule has 0 saturated carbocycles. The second-order valence-corrected chi connectivity index (χ2v) is 4.51. The van der Waals surface area contributed by atoms with Gasteiger partial charge in [-0.15, -0.1) is 0 Å². The van der Waals surface area contributed by atoms with E-state index in [0.717, 1.165) is 5.56 Å². The summed E-state index contributed by atoms with van der Waals surface area (Å²) in [6, 6.07) is 16.2. The van der Waals surface area contributed by atoms with Gasteiger partial charge in [-0.25, -0.2) is 9.59 Å². The maximum absolute atomic E-state index is 11.8. The first-order chi connectivity index (χ1) is 10.2. The number of fused-ring (bicyclic) bond motifs is 1. The third-order valence-electron chi connectivity index (χ3n) is 3.08. The second kappa shape index (κ2) is 5.63. The lowest BCUT2D eigenvalue weighted by Crippen LogP contribution is -2.09. The number of ether oxygens (including phenoxy) is 2. The van der Waals surface area contributed by atoms with E-state index in [1.54, 1.807) is 30.3 Å². The summed E-state index contributed by atoms with van der Waals surface area (Å²) in [5, 5.41) is 0. The molecule has 0 radical (unpaired) electrons. The number of esters is 2. The Balaban J connectivity index is 1.69. The van der Waals surface area contributed by atoms with Crippen molar-refractivity contribution in [2.75, 3.05) is 0 Å². The summed E-state index contributed by atoms with van der Waals surface area (Å²) in [6.07, 6.45) is 1.98. The first-order valence-electron chi connectivity index (χ1n) is 6.48. The Bertz CT molecular complexity index is 704. The summed E-state index contributed by atoms with van der Waals surface area (Å²) in [5.41, 5.74) is 1.89. The minimum atomic E-state index is -0.971. The molecular weight excluding hydrogens is 268 g/mol. The lowest BCUT2D eigenvalue weighted by Gasteiger charge is -2.10. The van der Waals surface area contributed by atoms with Crippen LogP contribution in [0.1, 0.15) is 27.8 Å². The summed E-state index contributed by atoms with van der Waals surface area (Å²) < 4.78 is 10.2. The van der Waals surface area contributed by atoms with Gasteiger partial charge in [0.05, 0.1) is 5.56 Å². The van der Waals surface area contributed by atoms with E-state index in [1.165, 1.54) is 6.08 Å². The van der Waals surface area contributed by atoms with E-state index in [4.69, 9.17) is 9.47 Å². The predicted octanol–water partition coefficient (Wildman–Crippen LogP) is 3.11. The SMILES string of the molecule is O=C(/C=C/c1ccccc1)O[C@@H]1OC(=O)c2ccccc21. The van der Waals surface area contributed by atoms with Gasteiger partial charge in [0, 0.05) is 11.6 Å². The highest BCUT2D eigenvalue weighted by Gasteiger charge is 2.32. The van der Waals surface area contributed by atoms with Gasteiger partial charge >= 0.3 is 11.9 Å². The number of cyclic esters (lactones) is 1. The Morgan fingerprint density at radius 3 is 2.57 bits per heavy atom. The third kappa shape index (κ3) is 2.84. The lowest BCUT2D eigenvalue weighted by atomic mass is 10.1. The molecule has 0 saturated heterocycles. The summed E-state index contributed by atoms with van der Waals surface area (Å²) in [7, 11) is 0. The molecule has 1 heterocycles. The minimum Gasteiger partial charge on any atom is -0.417 e. The van der Waals surface area contributed by atoms with E-state index in [-0.39, 0.29) is 0 Å². The zero-order valence-electron chi connectivity index (χ0n) is 11.1. The average molecular weight is 280 g/mol. The van der Waals surface area contributed by atoms with Crippen molar-refractivity contribution < 1.29 is 19.1 Å². The summed E-state index contributed by atoms with van der Waals surface area (Å²) in [5.74, 6) is -1.04. The van der Waals surface area contributed by atoms with Gasteiger partial charge in [-0.3, -0.25) is 0 Å². The van der Waals surface area contributed by atoms with E-state index < -0.39 is 18.2 Å². The Morgan fingerprint density at radius 1 is 1.05 bits per heavy atom. The largest absolute Gasteiger partial charge is 0.417 e. The molecule has 0 fully saturated rings. The van der Waals surface area contributed by atoms with E-state index >= 15 is 0 Å². The molecule has 21 heavy (non-hydrogen) atoms. The second-order valence-electron chi connectivity index (χ2n) is 4.51. The molecule has 2 aromatic carbocycles. The molecule has 104 valence electrons. The van der Waals surface area contributed by atoms with Crippen LogP contribution in [0.2, 0.25) is 0 Å². The fraction of sp³-hybridized carbons (Fsp3) is 0.0588. The summed E-state index contributed by atoms with van der Waals surface area (Å²) in [6.45, 7) is 0. The first-order valence-corrected chi connectivity index (χ1v) is 6.48. The number of hydrogen-bond acceptors (Lipinski definition) is 4. The normalized spacial score (nSPS) is 16.6. The number of rotatable bonds is 3.